The molecular weight excluding hydrogens is 324 g/mol. The summed E-state index contributed by atoms with van der Waals surface area (Å²) in [7, 11) is 0. The molecule has 0 unspecified atom stereocenters. The molecule has 0 saturated carbocycles. The van der Waals surface area contributed by atoms with Crippen LogP contribution in [-0.4, -0.2) is 5.91 Å². The van der Waals surface area contributed by atoms with E-state index >= 15 is 0 Å². The molecule has 2 aromatic rings. The predicted octanol–water partition coefficient (Wildman–Crippen LogP) is 4.35. The second-order valence-corrected chi connectivity index (χ2v) is 5.40. The van der Waals surface area contributed by atoms with Crippen LogP contribution in [0.2, 0.25) is 0 Å². The number of rotatable bonds is 2. The summed E-state index contributed by atoms with van der Waals surface area (Å²) in [5.41, 5.74) is 0.755. The monoisotopic (exact) mass is 331 g/mol. The summed E-state index contributed by atoms with van der Waals surface area (Å²) in [6.45, 7) is 1.79. The minimum absolute atomic E-state index is 0.0609. The molecule has 1 aromatic carbocycles. The number of carbonyl (C=O) groups excluding carboxylic acids is 1. The number of hydrogen-bond donors (Lipinski definition) is 1. The van der Waals surface area contributed by atoms with E-state index < -0.39 is 17.5 Å². The van der Waals surface area contributed by atoms with Crippen LogP contribution in [0.3, 0.4) is 0 Å². The Bertz CT molecular complexity index is 589. The fourth-order valence-corrected chi connectivity index (χ4v) is 2.76. The maximum absolute atomic E-state index is 13.5. The third kappa shape index (κ3) is 2.59. The molecule has 1 N–H and O–H groups in total. The second kappa shape index (κ2) is 5.16. The standard InChI is InChI=1S/C12H8BrF2NOS/c1-6-2-3-18-11(6)12(17)16-10-8(13)4-7(14)5-9(10)15/h2-5H,1H3,(H,16,17). The van der Waals surface area contributed by atoms with Gasteiger partial charge in [-0.2, -0.15) is 0 Å². The molecule has 1 heterocycles. The molecule has 0 saturated heterocycles. The van der Waals surface area contributed by atoms with E-state index in [2.05, 4.69) is 21.2 Å². The van der Waals surface area contributed by atoms with Gasteiger partial charge in [0.05, 0.1) is 10.6 Å². The highest BCUT2D eigenvalue weighted by atomic mass is 79.9. The lowest BCUT2D eigenvalue weighted by molar-refractivity contribution is 0.102. The summed E-state index contributed by atoms with van der Waals surface area (Å²) in [4.78, 5) is 12.4. The molecule has 0 bridgehead atoms. The van der Waals surface area contributed by atoms with E-state index in [9.17, 15) is 13.6 Å². The molecule has 2 rings (SSSR count). The van der Waals surface area contributed by atoms with Crippen LogP contribution in [0, 0.1) is 18.6 Å². The number of anilines is 1. The van der Waals surface area contributed by atoms with Gasteiger partial charge in [0.25, 0.3) is 5.91 Å². The Morgan fingerprint density at radius 3 is 2.67 bits per heavy atom. The lowest BCUT2D eigenvalue weighted by Gasteiger charge is -2.08. The Balaban J connectivity index is 2.31. The number of halogens is 3. The average molecular weight is 332 g/mol. The summed E-state index contributed by atoms with van der Waals surface area (Å²) in [5.74, 6) is -1.93. The van der Waals surface area contributed by atoms with E-state index in [1.807, 2.05) is 0 Å². The van der Waals surface area contributed by atoms with Crippen LogP contribution in [0.5, 0.6) is 0 Å². The molecule has 0 atom stereocenters. The number of thiophene rings is 1. The molecule has 0 aliphatic rings. The highest BCUT2D eigenvalue weighted by Crippen LogP contribution is 2.28. The van der Waals surface area contributed by atoms with Crippen molar-refractivity contribution in [2.45, 2.75) is 6.92 Å². The van der Waals surface area contributed by atoms with Gasteiger partial charge in [-0.15, -0.1) is 11.3 Å². The van der Waals surface area contributed by atoms with E-state index in [1.54, 1.807) is 18.4 Å². The van der Waals surface area contributed by atoms with Crippen LogP contribution in [0.1, 0.15) is 15.2 Å². The van der Waals surface area contributed by atoms with Crippen molar-refractivity contribution in [1.82, 2.24) is 0 Å². The smallest absolute Gasteiger partial charge is 0.266 e. The van der Waals surface area contributed by atoms with E-state index in [-0.39, 0.29) is 10.2 Å². The number of aryl methyl sites for hydroxylation is 1. The Labute approximate surface area is 115 Å². The zero-order valence-electron chi connectivity index (χ0n) is 9.26. The molecule has 6 heteroatoms. The van der Waals surface area contributed by atoms with Crippen molar-refractivity contribution in [1.29, 1.82) is 0 Å². The van der Waals surface area contributed by atoms with Gasteiger partial charge in [0, 0.05) is 10.5 Å². The zero-order chi connectivity index (χ0) is 13.3. The summed E-state index contributed by atoms with van der Waals surface area (Å²) in [5, 5.41) is 4.21. The van der Waals surface area contributed by atoms with E-state index in [0.29, 0.717) is 4.88 Å². The molecule has 2 nitrogen and oxygen atoms in total. The lowest BCUT2D eigenvalue weighted by atomic mass is 10.2. The Morgan fingerprint density at radius 2 is 2.11 bits per heavy atom. The number of amides is 1. The highest BCUT2D eigenvalue weighted by molar-refractivity contribution is 9.10. The minimum Gasteiger partial charge on any atom is -0.318 e. The number of nitrogens with one attached hydrogen (secondary N) is 1. The van der Waals surface area contributed by atoms with Crippen LogP contribution < -0.4 is 5.32 Å². The van der Waals surface area contributed by atoms with Gasteiger partial charge in [0.1, 0.15) is 5.82 Å². The van der Waals surface area contributed by atoms with Crippen LogP contribution in [0.15, 0.2) is 28.1 Å². The first-order valence-electron chi connectivity index (χ1n) is 4.99. The molecule has 94 valence electrons. The third-order valence-corrected chi connectivity index (χ3v) is 3.95. The predicted molar refractivity (Wildman–Crippen MR) is 71.1 cm³/mol. The lowest BCUT2D eigenvalue weighted by Crippen LogP contribution is -2.13. The molecular formula is C12H8BrF2NOS. The van der Waals surface area contributed by atoms with Crippen LogP contribution in [-0.2, 0) is 0 Å². The molecule has 0 spiro atoms. The van der Waals surface area contributed by atoms with Gasteiger partial charge < -0.3 is 5.32 Å². The van der Waals surface area contributed by atoms with Crippen molar-refractivity contribution in [3.8, 4) is 0 Å². The maximum Gasteiger partial charge on any atom is 0.266 e. The van der Waals surface area contributed by atoms with E-state index in [1.165, 1.54) is 11.3 Å². The molecule has 18 heavy (non-hydrogen) atoms. The molecule has 1 amide bonds. The molecule has 0 aliphatic heterocycles. The van der Waals surface area contributed by atoms with Gasteiger partial charge in [0.15, 0.2) is 5.82 Å². The van der Waals surface area contributed by atoms with Gasteiger partial charge in [-0.3, -0.25) is 4.79 Å². The van der Waals surface area contributed by atoms with Gasteiger partial charge in [-0.05, 0) is 45.9 Å². The number of hydrogen-bond acceptors (Lipinski definition) is 2. The Morgan fingerprint density at radius 1 is 1.39 bits per heavy atom. The van der Waals surface area contributed by atoms with E-state index in [0.717, 1.165) is 17.7 Å². The van der Waals surface area contributed by atoms with Gasteiger partial charge >= 0.3 is 0 Å². The zero-order valence-corrected chi connectivity index (χ0v) is 11.7. The van der Waals surface area contributed by atoms with Crippen molar-refractivity contribution in [2.75, 3.05) is 5.32 Å². The van der Waals surface area contributed by atoms with Crippen LogP contribution in [0.4, 0.5) is 14.5 Å². The SMILES string of the molecule is Cc1ccsc1C(=O)Nc1c(F)cc(F)cc1Br. The van der Waals surface area contributed by atoms with Crippen LogP contribution in [0.25, 0.3) is 0 Å². The molecule has 0 radical (unpaired) electrons. The summed E-state index contributed by atoms with van der Waals surface area (Å²) in [6.07, 6.45) is 0. The van der Waals surface area contributed by atoms with E-state index in [4.69, 9.17) is 0 Å². The Kier molecular flexibility index (Phi) is 3.77. The normalized spacial score (nSPS) is 10.4. The first-order chi connectivity index (χ1) is 8.49. The van der Waals surface area contributed by atoms with Crippen molar-refractivity contribution in [3.05, 3.63) is 50.1 Å². The second-order valence-electron chi connectivity index (χ2n) is 3.63. The summed E-state index contributed by atoms with van der Waals surface area (Å²) < 4.78 is 26.6. The quantitative estimate of drug-likeness (QED) is 0.870. The summed E-state index contributed by atoms with van der Waals surface area (Å²) >= 11 is 4.28. The van der Waals surface area contributed by atoms with Crippen LogP contribution >= 0.6 is 27.3 Å². The largest absolute Gasteiger partial charge is 0.318 e. The van der Waals surface area contributed by atoms with Gasteiger partial charge in [-0.25, -0.2) is 8.78 Å². The molecule has 1 aromatic heterocycles. The number of benzene rings is 1. The molecule has 0 aliphatic carbocycles. The average Bonchev–Trinajstić information content (AvgIpc) is 2.69. The maximum atomic E-state index is 13.5. The number of carbonyl (C=O) groups is 1. The van der Waals surface area contributed by atoms with Gasteiger partial charge in [-0.1, -0.05) is 0 Å². The van der Waals surface area contributed by atoms with Crippen molar-refractivity contribution < 1.29 is 13.6 Å². The van der Waals surface area contributed by atoms with Crippen molar-refractivity contribution in [2.24, 2.45) is 0 Å². The Hall–Kier alpha value is -1.27. The van der Waals surface area contributed by atoms with Crippen molar-refractivity contribution in [3.63, 3.8) is 0 Å². The highest BCUT2D eigenvalue weighted by Gasteiger charge is 2.16. The topological polar surface area (TPSA) is 29.1 Å². The summed E-state index contributed by atoms with van der Waals surface area (Å²) in [6, 6.07) is 3.62. The van der Waals surface area contributed by atoms with Crippen molar-refractivity contribution >= 4 is 38.9 Å². The fourth-order valence-electron chi connectivity index (χ4n) is 1.44. The third-order valence-electron chi connectivity index (χ3n) is 2.31. The first-order valence-corrected chi connectivity index (χ1v) is 6.66. The van der Waals surface area contributed by atoms with Gasteiger partial charge in [0.2, 0.25) is 0 Å². The molecule has 0 fully saturated rings. The fraction of sp³-hybridized carbons (Fsp3) is 0.0833. The minimum atomic E-state index is -0.815. The first kappa shape index (κ1) is 13.2.